The number of amides is 1. The van der Waals surface area contributed by atoms with Crippen LogP contribution in [0.5, 0.6) is 0 Å². The zero-order valence-corrected chi connectivity index (χ0v) is 34.8. The number of rotatable bonds is 9. The van der Waals surface area contributed by atoms with Crippen LogP contribution in [0.4, 0.5) is 0 Å². The summed E-state index contributed by atoms with van der Waals surface area (Å²) in [4.78, 5) is 30.6. The molecular formula is C45H67N3O10. The number of hydrogen-bond donors (Lipinski definition) is 7. The number of ether oxygens (including phenoxy) is 3. The number of nitrogens with one attached hydrogen (secondary N) is 2. The van der Waals surface area contributed by atoms with Crippen LogP contribution in [0.15, 0.2) is 11.6 Å². The molecular weight excluding hydrogens is 743 g/mol. The first-order chi connectivity index (χ1) is 27.6. The Morgan fingerprint density at radius 3 is 2.67 bits per heavy atom. The van der Waals surface area contributed by atoms with Crippen LogP contribution in [0.25, 0.3) is 0 Å². The van der Waals surface area contributed by atoms with E-state index in [2.05, 4.69) is 29.4 Å². The molecule has 0 unspecified atom stereocenters. The van der Waals surface area contributed by atoms with Crippen molar-refractivity contribution >= 4 is 11.7 Å². The number of carbonyl (C=O) groups is 2. The predicted molar refractivity (Wildman–Crippen MR) is 212 cm³/mol. The van der Waals surface area contributed by atoms with Gasteiger partial charge in [0.05, 0.1) is 47.0 Å². The fourth-order valence-electron chi connectivity index (χ4n) is 14.7. The van der Waals surface area contributed by atoms with Crippen molar-refractivity contribution in [2.24, 2.45) is 45.8 Å². The fraction of sp³-hybridized carbons (Fsp3) is 0.867. The molecule has 10 aliphatic rings. The number of carbonyl (C=O) groups excluding carboxylic acids is 2. The highest BCUT2D eigenvalue weighted by atomic mass is 16.5. The summed E-state index contributed by atoms with van der Waals surface area (Å²) in [6, 6.07) is -0.735. The first kappa shape index (κ1) is 41.4. The lowest BCUT2D eigenvalue weighted by molar-refractivity contribution is -0.226. The van der Waals surface area contributed by atoms with Crippen LogP contribution >= 0.6 is 0 Å². The Balaban J connectivity index is 1.15. The minimum atomic E-state index is -1.73. The van der Waals surface area contributed by atoms with E-state index in [4.69, 9.17) is 14.2 Å². The van der Waals surface area contributed by atoms with E-state index in [0.29, 0.717) is 83.4 Å². The van der Waals surface area contributed by atoms with E-state index < -0.39 is 76.0 Å². The number of allylic oxidation sites excluding steroid dienone is 1. The third kappa shape index (κ3) is 6.01. The summed E-state index contributed by atoms with van der Waals surface area (Å²) in [5.41, 5.74) is -4.64. The third-order valence-electron chi connectivity index (χ3n) is 17.4. The molecule has 0 aromatic rings. The minimum absolute atomic E-state index is 0.00383. The van der Waals surface area contributed by atoms with Gasteiger partial charge in [0.1, 0.15) is 18.4 Å². The monoisotopic (exact) mass is 809 g/mol. The van der Waals surface area contributed by atoms with Gasteiger partial charge in [0.15, 0.2) is 5.78 Å². The molecule has 0 radical (unpaired) electrons. The van der Waals surface area contributed by atoms with Gasteiger partial charge in [-0.15, -0.1) is 5.92 Å². The maximum absolute atomic E-state index is 14.7. The Hall–Kier alpha value is -1.96. The molecule has 58 heavy (non-hydrogen) atoms. The van der Waals surface area contributed by atoms with Crippen LogP contribution in [-0.2, 0) is 23.8 Å². The molecule has 4 saturated carbocycles. The van der Waals surface area contributed by atoms with Gasteiger partial charge in [-0.3, -0.25) is 14.9 Å². The number of piperidine rings is 1. The fourth-order valence-corrected chi connectivity index (χ4v) is 14.7. The second kappa shape index (κ2) is 14.8. The number of methoxy groups -OCH3 is 1. The normalized spacial score (nSPS) is 50.8. The zero-order chi connectivity index (χ0) is 41.0. The van der Waals surface area contributed by atoms with E-state index in [9.17, 15) is 35.1 Å². The topological polar surface area (TPSA) is 190 Å². The van der Waals surface area contributed by atoms with Crippen molar-refractivity contribution in [2.45, 2.75) is 158 Å². The van der Waals surface area contributed by atoms with Crippen molar-refractivity contribution in [3.05, 3.63) is 11.6 Å². The van der Waals surface area contributed by atoms with Crippen molar-refractivity contribution in [3.63, 3.8) is 0 Å². The third-order valence-corrected chi connectivity index (χ3v) is 17.4. The second-order valence-electron chi connectivity index (χ2n) is 20.4. The summed E-state index contributed by atoms with van der Waals surface area (Å²) in [5.74, 6) is 5.84. The Morgan fingerprint density at radius 2 is 1.90 bits per heavy atom. The number of aliphatic hydroxyl groups excluding tert-OH is 3. The van der Waals surface area contributed by atoms with E-state index in [1.807, 2.05) is 4.90 Å². The molecule has 5 aliphatic heterocycles. The lowest BCUT2D eigenvalue weighted by Crippen LogP contribution is -2.70. The molecule has 8 bridgehead atoms. The molecule has 0 aromatic carbocycles. The largest absolute Gasteiger partial charge is 0.392 e. The molecule has 13 heteroatoms. The van der Waals surface area contributed by atoms with Gasteiger partial charge in [-0.25, -0.2) is 0 Å². The van der Waals surface area contributed by atoms with Crippen molar-refractivity contribution in [2.75, 3.05) is 40.0 Å². The van der Waals surface area contributed by atoms with E-state index in [1.165, 1.54) is 0 Å². The number of hydrogen-bond acceptors (Lipinski definition) is 12. The first-order valence-corrected chi connectivity index (χ1v) is 22.4. The Morgan fingerprint density at radius 1 is 1.09 bits per heavy atom. The average molecular weight is 810 g/mol. The van der Waals surface area contributed by atoms with Crippen LogP contribution in [0.2, 0.25) is 0 Å². The summed E-state index contributed by atoms with van der Waals surface area (Å²) in [5, 5.41) is 67.2. The van der Waals surface area contributed by atoms with Crippen molar-refractivity contribution in [1.82, 2.24) is 15.5 Å². The lowest BCUT2D eigenvalue weighted by atomic mass is 9.34. The molecule has 10 rings (SSSR count). The van der Waals surface area contributed by atoms with Crippen molar-refractivity contribution in [3.8, 4) is 11.8 Å². The van der Waals surface area contributed by atoms with Crippen LogP contribution in [-0.4, -0.2) is 142 Å². The molecule has 18 atom stereocenters. The maximum Gasteiger partial charge on any atom is 0.240 e. The highest BCUT2D eigenvalue weighted by Gasteiger charge is 2.78. The SMILES string of the molecule is COCCCO[C@H]1CC[C@@]2(C)[C@@H](C1)C(=O)C=C1[C@]3(O)CC[C@@H]4[C@](C)(O)[C@H](O)[C@H]5O[C@H]6[C@H](C[C@@H](N[C@@H]6O)C(=O)N6C[C@@H]6CC#C[C@@]12[C@H]1CCC[C@@]43C1)[C@H]5CNC[C@H](C)O. The lowest BCUT2D eigenvalue weighted by Gasteiger charge is -2.69. The molecule has 7 N–H and O–H groups in total. The van der Waals surface area contributed by atoms with Gasteiger partial charge < -0.3 is 50.0 Å². The number of nitrogens with zero attached hydrogens (tertiary/aromatic N) is 1. The Labute approximate surface area is 343 Å². The van der Waals surface area contributed by atoms with Crippen LogP contribution in [0, 0.1) is 57.7 Å². The smallest absolute Gasteiger partial charge is 0.240 e. The predicted octanol–water partition coefficient (Wildman–Crippen LogP) is 1.42. The number of aliphatic hydroxyl groups is 5. The summed E-state index contributed by atoms with van der Waals surface area (Å²) in [6.07, 6.45) is 4.41. The van der Waals surface area contributed by atoms with E-state index in [0.717, 1.165) is 32.1 Å². The van der Waals surface area contributed by atoms with Gasteiger partial charge in [-0.2, -0.15) is 0 Å². The molecule has 13 nitrogen and oxygen atoms in total. The standard InChI is InChI=1S/C45H67N3O10/c1-25(49)22-46-23-30-29-19-32-40(53)48-24-27(48)9-6-13-44-26-8-5-12-43(21-26)34(42(3,54)38(51)36(30)58-37(29)39(52)47-32)11-15-45(43,55)35(44)20-33(50)31-18-28(10-14-41(31,44)2)57-17-7-16-56-4/h20,25-32,34,36-39,46-47,49,51-52,54-55H,5,7-12,14-19,21-24H2,1-4H3/t25-,26-,27-,28-,29+,30+,31-,32+,34+,36-,37-,38+,39+,41-,42-,43+,44+,45+,48?/m0/s1. The Bertz CT molecular complexity index is 1730. The molecule has 1 amide bonds. The molecule has 322 valence electrons. The molecule has 7 fully saturated rings. The van der Waals surface area contributed by atoms with Crippen molar-refractivity contribution in [1.29, 1.82) is 0 Å². The second-order valence-corrected chi connectivity index (χ2v) is 20.4. The van der Waals surface area contributed by atoms with E-state index in [-0.39, 0.29) is 41.6 Å². The van der Waals surface area contributed by atoms with Gasteiger partial charge in [-0.05, 0) is 113 Å². The maximum atomic E-state index is 14.7. The summed E-state index contributed by atoms with van der Waals surface area (Å²) >= 11 is 0. The molecule has 2 spiro atoms. The van der Waals surface area contributed by atoms with E-state index in [1.54, 1.807) is 27.0 Å². The van der Waals surface area contributed by atoms with Gasteiger partial charge in [0, 0.05) is 63.6 Å². The average Bonchev–Trinajstić information content (AvgIpc) is 3.78. The molecule has 5 aliphatic carbocycles. The Kier molecular flexibility index (Phi) is 10.6. The van der Waals surface area contributed by atoms with Crippen LogP contribution in [0.1, 0.15) is 97.8 Å². The van der Waals surface area contributed by atoms with Gasteiger partial charge >= 0.3 is 0 Å². The highest BCUT2D eigenvalue weighted by Crippen LogP contribution is 2.77. The number of ketones is 1. The van der Waals surface area contributed by atoms with Gasteiger partial charge in [0.25, 0.3) is 0 Å². The van der Waals surface area contributed by atoms with Crippen molar-refractivity contribution < 1.29 is 49.3 Å². The molecule has 0 aromatic heterocycles. The highest BCUT2D eigenvalue weighted by molar-refractivity contribution is 5.96. The minimum Gasteiger partial charge on any atom is -0.392 e. The van der Waals surface area contributed by atoms with E-state index >= 15 is 0 Å². The van der Waals surface area contributed by atoms with Crippen LogP contribution < -0.4 is 10.6 Å². The summed E-state index contributed by atoms with van der Waals surface area (Å²) in [6.45, 7) is 8.01. The summed E-state index contributed by atoms with van der Waals surface area (Å²) < 4.78 is 18.2. The van der Waals surface area contributed by atoms with Gasteiger partial charge in [0.2, 0.25) is 5.91 Å². The quantitative estimate of drug-likeness (QED) is 0.101. The molecule has 3 saturated heterocycles. The van der Waals surface area contributed by atoms with Crippen LogP contribution in [0.3, 0.4) is 0 Å². The summed E-state index contributed by atoms with van der Waals surface area (Å²) in [7, 11) is 1.68. The first-order valence-electron chi connectivity index (χ1n) is 22.4. The molecule has 5 heterocycles. The van der Waals surface area contributed by atoms with Gasteiger partial charge in [-0.1, -0.05) is 19.3 Å². The number of fused-ring (bicyclic) bond motifs is 3. The zero-order valence-electron chi connectivity index (χ0n) is 34.8.